The van der Waals surface area contributed by atoms with Crippen molar-refractivity contribution in [2.45, 2.75) is 19.4 Å². The first-order valence-corrected chi connectivity index (χ1v) is 6.20. The summed E-state index contributed by atoms with van der Waals surface area (Å²) in [7, 11) is 0. The molecule has 2 aliphatic heterocycles. The van der Waals surface area contributed by atoms with Gasteiger partial charge in [-0.05, 0) is 19.1 Å². The average molecular weight is 255 g/mol. The average Bonchev–Trinajstić information content (AvgIpc) is 3.02. The summed E-state index contributed by atoms with van der Waals surface area (Å²) in [4.78, 5) is 13.8. The molecule has 1 unspecified atom stereocenters. The third kappa shape index (κ3) is 1.65. The van der Waals surface area contributed by atoms with E-state index in [0.29, 0.717) is 18.6 Å². The molecule has 5 nitrogen and oxygen atoms in total. The number of carbonyl (C=O) groups is 1. The van der Waals surface area contributed by atoms with Crippen LogP contribution in [0.3, 0.4) is 0 Å². The molecule has 0 bridgehead atoms. The summed E-state index contributed by atoms with van der Waals surface area (Å²) in [5, 5.41) is 9.28. The van der Waals surface area contributed by atoms with E-state index >= 15 is 0 Å². The topological polar surface area (TPSA) is 58.3 Å². The van der Waals surface area contributed by atoms with Crippen LogP contribution >= 0.6 is 0 Å². The van der Waals surface area contributed by atoms with Gasteiger partial charge >= 0.3 is 5.97 Å². The van der Waals surface area contributed by atoms with Gasteiger partial charge in [-0.3, -0.25) is 0 Å². The highest BCUT2D eigenvalue weighted by molar-refractivity contribution is 5.86. The van der Waals surface area contributed by atoms with Gasteiger partial charge in [-0.15, -0.1) is 0 Å². The van der Waals surface area contributed by atoms with Gasteiger partial charge in [0, 0.05) is 25.0 Å². The standard InChI is InChI=1S/C14H13N3O2/c1-2-19-14(18)12-8-10(9-15)13-11-4-3-5-16(11)6-7-17(12)13/h3-7,12H,2,8H2,1H3. The minimum atomic E-state index is -0.426. The van der Waals surface area contributed by atoms with Crippen molar-refractivity contribution in [3.63, 3.8) is 0 Å². The number of hydrogen-bond acceptors (Lipinski definition) is 4. The van der Waals surface area contributed by atoms with E-state index in [4.69, 9.17) is 4.74 Å². The number of nitrogens with zero attached hydrogens (tertiary/aromatic N) is 3. The number of nitriles is 1. The lowest BCUT2D eigenvalue weighted by Crippen LogP contribution is -2.35. The maximum atomic E-state index is 12.0. The van der Waals surface area contributed by atoms with E-state index in [0.717, 1.165) is 11.4 Å². The molecule has 3 rings (SSSR count). The van der Waals surface area contributed by atoms with Gasteiger partial charge in [-0.2, -0.15) is 5.26 Å². The van der Waals surface area contributed by atoms with Crippen LogP contribution in [0, 0.1) is 11.3 Å². The van der Waals surface area contributed by atoms with Crippen molar-refractivity contribution in [3.05, 3.63) is 35.8 Å². The van der Waals surface area contributed by atoms with E-state index < -0.39 is 6.04 Å². The number of carbonyl (C=O) groups excluding carboxylic acids is 1. The van der Waals surface area contributed by atoms with Crippen LogP contribution in [-0.4, -0.2) is 28.1 Å². The van der Waals surface area contributed by atoms with Crippen molar-refractivity contribution < 1.29 is 9.53 Å². The van der Waals surface area contributed by atoms with Crippen LogP contribution in [0.25, 0.3) is 11.9 Å². The van der Waals surface area contributed by atoms with Gasteiger partial charge in [-0.25, -0.2) is 4.79 Å². The highest BCUT2D eigenvalue weighted by atomic mass is 16.5. The molecule has 0 fully saturated rings. The Labute approximate surface area is 111 Å². The molecule has 2 aliphatic rings. The maximum Gasteiger partial charge on any atom is 0.329 e. The van der Waals surface area contributed by atoms with Crippen LogP contribution in [0.2, 0.25) is 0 Å². The Balaban J connectivity index is 2.02. The third-order valence-corrected chi connectivity index (χ3v) is 3.38. The molecule has 0 aromatic carbocycles. The minimum absolute atomic E-state index is 0.282. The maximum absolute atomic E-state index is 12.0. The quantitative estimate of drug-likeness (QED) is 0.756. The molecule has 1 atom stereocenters. The molecule has 5 heteroatoms. The number of aromatic nitrogens is 1. The Morgan fingerprint density at radius 1 is 1.58 bits per heavy atom. The molecular formula is C14H13N3O2. The molecule has 0 spiro atoms. The zero-order chi connectivity index (χ0) is 13.4. The number of esters is 1. The van der Waals surface area contributed by atoms with Gasteiger partial charge in [0.25, 0.3) is 0 Å². The van der Waals surface area contributed by atoms with Gasteiger partial charge in [0.15, 0.2) is 0 Å². The van der Waals surface area contributed by atoms with Crippen LogP contribution in [0.15, 0.2) is 30.1 Å². The lowest BCUT2D eigenvalue weighted by atomic mass is 10.1. The highest BCUT2D eigenvalue weighted by Crippen LogP contribution is 2.38. The fourth-order valence-electron chi connectivity index (χ4n) is 2.57. The molecule has 0 amide bonds. The molecule has 0 N–H and O–H groups in total. The SMILES string of the molecule is CCOC(=O)C1CC(C#N)=C2c3cccn3C=CN21. The van der Waals surface area contributed by atoms with Crippen LogP contribution < -0.4 is 0 Å². The largest absolute Gasteiger partial charge is 0.464 e. The molecular weight excluding hydrogens is 242 g/mol. The monoisotopic (exact) mass is 255 g/mol. The minimum Gasteiger partial charge on any atom is -0.464 e. The number of hydrogen-bond donors (Lipinski definition) is 0. The highest BCUT2D eigenvalue weighted by Gasteiger charge is 2.39. The predicted octanol–water partition coefficient (Wildman–Crippen LogP) is 1.80. The Bertz CT molecular complexity index is 633. The summed E-state index contributed by atoms with van der Waals surface area (Å²) in [6.07, 6.45) is 6.03. The molecule has 96 valence electrons. The molecule has 0 saturated heterocycles. The number of fused-ring (bicyclic) bond motifs is 3. The summed E-state index contributed by atoms with van der Waals surface area (Å²) in [6, 6.07) is 5.64. The van der Waals surface area contributed by atoms with Gasteiger partial charge in [-0.1, -0.05) is 0 Å². The van der Waals surface area contributed by atoms with Gasteiger partial charge in [0.1, 0.15) is 6.04 Å². The fourth-order valence-corrected chi connectivity index (χ4v) is 2.57. The fraction of sp³-hybridized carbons (Fsp3) is 0.286. The van der Waals surface area contributed by atoms with E-state index in [-0.39, 0.29) is 5.97 Å². The molecule has 19 heavy (non-hydrogen) atoms. The van der Waals surface area contributed by atoms with Crippen molar-refractivity contribution in [1.29, 1.82) is 5.26 Å². The summed E-state index contributed by atoms with van der Waals surface area (Å²) in [5.41, 5.74) is 2.38. The second kappa shape index (κ2) is 4.32. The van der Waals surface area contributed by atoms with Crippen LogP contribution in [-0.2, 0) is 9.53 Å². The zero-order valence-corrected chi connectivity index (χ0v) is 10.5. The first kappa shape index (κ1) is 11.6. The van der Waals surface area contributed by atoms with E-state index in [2.05, 4.69) is 6.07 Å². The van der Waals surface area contributed by atoms with E-state index in [1.165, 1.54) is 0 Å². The normalized spacial score (nSPS) is 20.0. The van der Waals surface area contributed by atoms with E-state index in [9.17, 15) is 10.1 Å². The Kier molecular flexibility index (Phi) is 2.64. The second-order valence-electron chi connectivity index (χ2n) is 4.42. The molecule has 3 heterocycles. The summed E-state index contributed by atoms with van der Waals surface area (Å²) in [6.45, 7) is 2.13. The van der Waals surface area contributed by atoms with Crippen LogP contribution in [0.5, 0.6) is 0 Å². The summed E-state index contributed by atoms with van der Waals surface area (Å²) >= 11 is 0. The van der Waals surface area contributed by atoms with Crippen molar-refractivity contribution in [1.82, 2.24) is 9.47 Å². The van der Waals surface area contributed by atoms with Crippen molar-refractivity contribution >= 4 is 17.9 Å². The van der Waals surface area contributed by atoms with Gasteiger partial charge in [0.2, 0.25) is 0 Å². The van der Waals surface area contributed by atoms with Gasteiger partial charge < -0.3 is 14.2 Å². The molecule has 1 aromatic rings. The van der Waals surface area contributed by atoms with Crippen LogP contribution in [0.1, 0.15) is 19.0 Å². The predicted molar refractivity (Wildman–Crippen MR) is 69.2 cm³/mol. The van der Waals surface area contributed by atoms with Crippen LogP contribution in [0.4, 0.5) is 0 Å². The van der Waals surface area contributed by atoms with E-state index in [1.807, 2.05) is 40.2 Å². The van der Waals surface area contributed by atoms with Crippen molar-refractivity contribution in [2.75, 3.05) is 6.61 Å². The lowest BCUT2D eigenvalue weighted by Gasteiger charge is -2.27. The molecule has 0 saturated carbocycles. The summed E-state index contributed by atoms with van der Waals surface area (Å²) in [5.74, 6) is -0.282. The molecule has 0 radical (unpaired) electrons. The first-order valence-electron chi connectivity index (χ1n) is 6.20. The lowest BCUT2D eigenvalue weighted by molar-refractivity contribution is -0.147. The smallest absolute Gasteiger partial charge is 0.329 e. The van der Waals surface area contributed by atoms with Crippen molar-refractivity contribution in [2.24, 2.45) is 0 Å². The Morgan fingerprint density at radius 2 is 2.42 bits per heavy atom. The Hall–Kier alpha value is -2.48. The zero-order valence-electron chi connectivity index (χ0n) is 10.5. The van der Waals surface area contributed by atoms with E-state index in [1.54, 1.807) is 6.92 Å². The Morgan fingerprint density at radius 3 is 3.16 bits per heavy atom. The van der Waals surface area contributed by atoms with Gasteiger partial charge in [0.05, 0.1) is 29.6 Å². The summed E-state index contributed by atoms with van der Waals surface area (Å²) < 4.78 is 7.02. The molecule has 1 aromatic heterocycles. The second-order valence-corrected chi connectivity index (χ2v) is 4.42. The molecule has 0 aliphatic carbocycles. The number of rotatable bonds is 2. The van der Waals surface area contributed by atoms with Crippen molar-refractivity contribution in [3.8, 4) is 6.07 Å². The number of ether oxygens (including phenoxy) is 1. The first-order chi connectivity index (χ1) is 9.26. The third-order valence-electron chi connectivity index (χ3n) is 3.38.